The monoisotopic (exact) mass is 297 g/mol. The first-order chi connectivity index (χ1) is 9.10. The molecule has 1 aromatic heterocycles. The van der Waals surface area contributed by atoms with Gasteiger partial charge >= 0.3 is 0 Å². The predicted octanol–water partition coefficient (Wildman–Crippen LogP) is 3.77. The van der Waals surface area contributed by atoms with Gasteiger partial charge in [-0.05, 0) is 31.2 Å². The van der Waals surface area contributed by atoms with Crippen LogP contribution in [-0.2, 0) is 13.2 Å². The van der Waals surface area contributed by atoms with Crippen LogP contribution in [0.4, 0.5) is 0 Å². The van der Waals surface area contributed by atoms with Crippen molar-refractivity contribution in [2.45, 2.75) is 20.1 Å². The fraction of sp³-hybridized carbons (Fsp3) is 0.214. The fourth-order valence-electron chi connectivity index (χ4n) is 1.64. The summed E-state index contributed by atoms with van der Waals surface area (Å²) in [5, 5.41) is 10.4. The predicted molar refractivity (Wildman–Crippen MR) is 75.7 cm³/mol. The zero-order valence-corrected chi connectivity index (χ0v) is 11.9. The van der Waals surface area contributed by atoms with E-state index in [1.807, 2.05) is 19.1 Å². The quantitative estimate of drug-likeness (QED) is 0.934. The second-order valence-corrected chi connectivity index (χ2v) is 4.92. The molecule has 19 heavy (non-hydrogen) atoms. The van der Waals surface area contributed by atoms with E-state index in [-0.39, 0.29) is 6.61 Å². The molecule has 0 amide bonds. The van der Waals surface area contributed by atoms with Gasteiger partial charge in [0.2, 0.25) is 0 Å². The summed E-state index contributed by atoms with van der Waals surface area (Å²) in [7, 11) is 0. The second-order valence-electron chi connectivity index (χ2n) is 4.08. The zero-order valence-electron chi connectivity index (χ0n) is 10.4. The van der Waals surface area contributed by atoms with Gasteiger partial charge in [-0.2, -0.15) is 0 Å². The number of aromatic nitrogens is 1. The number of aliphatic hydroxyl groups excluding tert-OH is 1. The molecule has 0 aliphatic rings. The van der Waals surface area contributed by atoms with Gasteiger partial charge in [-0.3, -0.25) is 4.98 Å². The van der Waals surface area contributed by atoms with E-state index in [0.717, 1.165) is 11.3 Å². The molecule has 0 radical (unpaired) electrons. The highest BCUT2D eigenvalue weighted by atomic mass is 35.5. The molecule has 0 unspecified atom stereocenters. The van der Waals surface area contributed by atoms with E-state index >= 15 is 0 Å². The Morgan fingerprint density at radius 2 is 2.00 bits per heavy atom. The summed E-state index contributed by atoms with van der Waals surface area (Å²) in [6.45, 7) is 2.00. The highest BCUT2D eigenvalue weighted by molar-refractivity contribution is 6.35. The number of rotatable bonds is 4. The molecule has 2 rings (SSSR count). The van der Waals surface area contributed by atoms with E-state index in [9.17, 15) is 5.11 Å². The molecular formula is C14H13Cl2NO2. The van der Waals surface area contributed by atoms with Gasteiger partial charge in [0, 0.05) is 21.3 Å². The SMILES string of the molecule is Cc1ccc(OCc2ccc(Cl)cc2Cl)c(CO)n1. The van der Waals surface area contributed by atoms with Crippen LogP contribution in [0.1, 0.15) is 17.0 Å². The smallest absolute Gasteiger partial charge is 0.143 e. The summed E-state index contributed by atoms with van der Waals surface area (Å²) in [6, 6.07) is 8.86. The number of halogens is 2. The maximum Gasteiger partial charge on any atom is 0.143 e. The minimum atomic E-state index is -0.161. The number of hydrogen-bond donors (Lipinski definition) is 1. The van der Waals surface area contributed by atoms with Crippen LogP contribution in [0.15, 0.2) is 30.3 Å². The van der Waals surface area contributed by atoms with E-state index in [2.05, 4.69) is 4.98 Å². The van der Waals surface area contributed by atoms with Crippen molar-refractivity contribution in [1.29, 1.82) is 0 Å². The van der Waals surface area contributed by atoms with Crippen LogP contribution in [-0.4, -0.2) is 10.1 Å². The Morgan fingerprint density at radius 3 is 2.68 bits per heavy atom. The van der Waals surface area contributed by atoms with Crippen LogP contribution in [0, 0.1) is 6.92 Å². The Hall–Kier alpha value is -1.29. The van der Waals surface area contributed by atoms with Crippen LogP contribution in [0.5, 0.6) is 5.75 Å². The molecule has 3 nitrogen and oxygen atoms in total. The lowest BCUT2D eigenvalue weighted by Crippen LogP contribution is -2.02. The molecule has 5 heteroatoms. The first-order valence-electron chi connectivity index (χ1n) is 5.74. The molecule has 1 aromatic carbocycles. The van der Waals surface area contributed by atoms with Crippen LogP contribution >= 0.6 is 23.2 Å². The van der Waals surface area contributed by atoms with Crippen molar-refractivity contribution < 1.29 is 9.84 Å². The van der Waals surface area contributed by atoms with Gasteiger partial charge in [0.05, 0.1) is 6.61 Å². The van der Waals surface area contributed by atoms with Crippen molar-refractivity contribution in [3.8, 4) is 5.75 Å². The van der Waals surface area contributed by atoms with E-state index in [4.69, 9.17) is 27.9 Å². The average molecular weight is 298 g/mol. The van der Waals surface area contributed by atoms with Gasteiger partial charge in [-0.15, -0.1) is 0 Å². The molecule has 0 aliphatic carbocycles. The lowest BCUT2D eigenvalue weighted by atomic mass is 10.2. The Bertz CT molecular complexity index is 588. The highest BCUT2D eigenvalue weighted by Gasteiger charge is 2.07. The maximum atomic E-state index is 9.25. The Balaban J connectivity index is 2.14. The van der Waals surface area contributed by atoms with Gasteiger partial charge in [0.1, 0.15) is 18.1 Å². The van der Waals surface area contributed by atoms with Crippen molar-refractivity contribution in [3.63, 3.8) is 0 Å². The molecule has 0 saturated heterocycles. The summed E-state index contributed by atoms with van der Waals surface area (Å²) >= 11 is 11.9. The molecule has 1 N–H and O–H groups in total. The number of ether oxygens (including phenoxy) is 1. The Kier molecular flexibility index (Phi) is 4.64. The number of pyridine rings is 1. The summed E-state index contributed by atoms with van der Waals surface area (Å²) < 4.78 is 5.64. The summed E-state index contributed by atoms with van der Waals surface area (Å²) in [5.41, 5.74) is 2.18. The maximum absolute atomic E-state index is 9.25. The minimum Gasteiger partial charge on any atom is -0.487 e. The van der Waals surface area contributed by atoms with E-state index in [0.29, 0.717) is 28.1 Å². The molecule has 1 heterocycles. The molecular weight excluding hydrogens is 285 g/mol. The van der Waals surface area contributed by atoms with Crippen LogP contribution < -0.4 is 4.74 Å². The van der Waals surface area contributed by atoms with Crippen LogP contribution in [0.3, 0.4) is 0 Å². The summed E-state index contributed by atoms with van der Waals surface area (Å²) in [6.07, 6.45) is 0. The molecule has 0 spiro atoms. The van der Waals surface area contributed by atoms with Crippen molar-refractivity contribution in [1.82, 2.24) is 4.98 Å². The lowest BCUT2D eigenvalue weighted by Gasteiger charge is -2.11. The minimum absolute atomic E-state index is 0.161. The standard InChI is InChI=1S/C14H13Cl2NO2/c1-9-2-5-14(13(7-18)17-9)19-8-10-3-4-11(15)6-12(10)16/h2-6,18H,7-8H2,1H3. The third kappa shape index (κ3) is 3.60. The van der Waals surface area contributed by atoms with Crippen molar-refractivity contribution in [2.24, 2.45) is 0 Å². The summed E-state index contributed by atoms with van der Waals surface area (Å²) in [4.78, 5) is 4.21. The second kappa shape index (κ2) is 6.24. The summed E-state index contributed by atoms with van der Waals surface area (Å²) in [5.74, 6) is 0.555. The van der Waals surface area contributed by atoms with Gasteiger partial charge < -0.3 is 9.84 Å². The molecule has 0 bridgehead atoms. The van der Waals surface area contributed by atoms with E-state index < -0.39 is 0 Å². The Morgan fingerprint density at radius 1 is 1.21 bits per heavy atom. The first-order valence-corrected chi connectivity index (χ1v) is 6.50. The van der Waals surface area contributed by atoms with Crippen LogP contribution in [0.25, 0.3) is 0 Å². The van der Waals surface area contributed by atoms with Gasteiger partial charge in [0.25, 0.3) is 0 Å². The Labute approximate surface area is 121 Å². The zero-order chi connectivity index (χ0) is 13.8. The first kappa shape index (κ1) is 14.1. The number of aliphatic hydroxyl groups is 1. The molecule has 0 saturated carbocycles. The topological polar surface area (TPSA) is 42.4 Å². The van der Waals surface area contributed by atoms with Gasteiger partial charge in [-0.1, -0.05) is 29.3 Å². The lowest BCUT2D eigenvalue weighted by molar-refractivity contribution is 0.253. The highest BCUT2D eigenvalue weighted by Crippen LogP contribution is 2.24. The van der Waals surface area contributed by atoms with Gasteiger partial charge in [-0.25, -0.2) is 0 Å². The van der Waals surface area contributed by atoms with Crippen LogP contribution in [0.2, 0.25) is 10.0 Å². The third-order valence-corrected chi connectivity index (χ3v) is 3.21. The molecule has 0 atom stereocenters. The van der Waals surface area contributed by atoms with Crippen molar-refractivity contribution in [3.05, 3.63) is 57.3 Å². The fourth-order valence-corrected chi connectivity index (χ4v) is 2.10. The number of aryl methyl sites for hydroxylation is 1. The number of hydrogen-bond acceptors (Lipinski definition) is 3. The molecule has 0 aliphatic heterocycles. The molecule has 0 fully saturated rings. The third-order valence-electron chi connectivity index (χ3n) is 2.62. The number of nitrogens with zero attached hydrogens (tertiary/aromatic N) is 1. The number of benzene rings is 1. The van der Waals surface area contributed by atoms with Crippen molar-refractivity contribution in [2.75, 3.05) is 0 Å². The average Bonchev–Trinajstić information content (AvgIpc) is 2.39. The van der Waals surface area contributed by atoms with Gasteiger partial charge in [0.15, 0.2) is 0 Å². The molecule has 2 aromatic rings. The normalized spacial score (nSPS) is 10.5. The molecule has 100 valence electrons. The van der Waals surface area contributed by atoms with E-state index in [1.54, 1.807) is 18.2 Å². The largest absolute Gasteiger partial charge is 0.487 e. The van der Waals surface area contributed by atoms with Crippen molar-refractivity contribution >= 4 is 23.2 Å². The van der Waals surface area contributed by atoms with E-state index in [1.165, 1.54) is 0 Å².